The van der Waals surface area contributed by atoms with Crippen molar-refractivity contribution in [3.05, 3.63) is 23.8 Å². The molecule has 0 aliphatic rings. The van der Waals surface area contributed by atoms with Crippen LogP contribution in [0.2, 0.25) is 0 Å². The highest BCUT2D eigenvalue weighted by Crippen LogP contribution is 2.24. The van der Waals surface area contributed by atoms with Crippen molar-refractivity contribution in [2.75, 3.05) is 5.73 Å². The third-order valence-corrected chi connectivity index (χ3v) is 1.98. The second-order valence-electron chi connectivity index (χ2n) is 2.88. The van der Waals surface area contributed by atoms with E-state index in [-0.39, 0.29) is 18.4 Å². The van der Waals surface area contributed by atoms with Crippen LogP contribution in [0.4, 0.5) is 5.95 Å². The van der Waals surface area contributed by atoms with Crippen molar-refractivity contribution in [2.24, 2.45) is 0 Å². The van der Waals surface area contributed by atoms with Crippen molar-refractivity contribution >= 4 is 16.9 Å². The summed E-state index contributed by atoms with van der Waals surface area (Å²) in [6.45, 7) is -0.146. The number of anilines is 1. The Bertz CT molecular complexity index is 485. The van der Waals surface area contributed by atoms with Crippen LogP contribution in [0.15, 0.2) is 18.2 Å². The number of nitrogens with zero attached hydrogens (tertiary/aromatic N) is 2. The smallest absolute Gasteiger partial charge is 0.223 e. The van der Waals surface area contributed by atoms with Crippen molar-refractivity contribution in [3.8, 4) is 5.88 Å². The molecule has 0 radical (unpaired) electrons. The summed E-state index contributed by atoms with van der Waals surface area (Å²) in [6, 6.07) is 5.10. The van der Waals surface area contributed by atoms with Crippen molar-refractivity contribution in [2.45, 2.75) is 6.61 Å². The summed E-state index contributed by atoms with van der Waals surface area (Å²) in [5, 5.41) is 19.0. The first-order valence-electron chi connectivity index (χ1n) is 4.07. The zero-order valence-electron chi connectivity index (χ0n) is 7.31. The van der Waals surface area contributed by atoms with Gasteiger partial charge < -0.3 is 15.9 Å². The molecule has 0 atom stereocenters. The lowest BCUT2D eigenvalue weighted by atomic mass is 10.1. The van der Waals surface area contributed by atoms with E-state index in [2.05, 4.69) is 9.97 Å². The number of aliphatic hydroxyl groups excluding tert-OH is 1. The van der Waals surface area contributed by atoms with E-state index in [9.17, 15) is 5.11 Å². The molecule has 2 rings (SSSR count). The lowest BCUT2D eigenvalue weighted by molar-refractivity contribution is 0.283. The van der Waals surface area contributed by atoms with Crippen LogP contribution in [-0.4, -0.2) is 20.2 Å². The number of fused-ring (bicyclic) bond motifs is 1. The lowest BCUT2D eigenvalue weighted by Gasteiger charge is -2.04. The summed E-state index contributed by atoms with van der Waals surface area (Å²) in [5.74, 6) is -0.168. The van der Waals surface area contributed by atoms with E-state index in [1.54, 1.807) is 18.2 Å². The van der Waals surface area contributed by atoms with Crippen molar-refractivity contribution in [1.29, 1.82) is 0 Å². The fourth-order valence-corrected chi connectivity index (χ4v) is 1.34. The molecule has 0 aliphatic carbocycles. The number of aromatic hydroxyl groups is 1. The van der Waals surface area contributed by atoms with Crippen molar-refractivity contribution < 1.29 is 10.2 Å². The number of para-hydroxylation sites is 1. The molecule has 14 heavy (non-hydrogen) atoms. The van der Waals surface area contributed by atoms with E-state index in [4.69, 9.17) is 10.8 Å². The largest absolute Gasteiger partial charge is 0.493 e. The van der Waals surface area contributed by atoms with Gasteiger partial charge in [0.15, 0.2) is 0 Å². The average molecular weight is 191 g/mol. The number of aliphatic hydroxyl groups is 1. The van der Waals surface area contributed by atoms with Crippen LogP contribution < -0.4 is 5.73 Å². The molecule has 0 saturated heterocycles. The Morgan fingerprint density at radius 3 is 2.79 bits per heavy atom. The molecule has 0 bridgehead atoms. The first-order valence-corrected chi connectivity index (χ1v) is 4.07. The van der Waals surface area contributed by atoms with Gasteiger partial charge in [-0.15, -0.1) is 0 Å². The summed E-state index contributed by atoms with van der Waals surface area (Å²) < 4.78 is 0. The van der Waals surface area contributed by atoms with E-state index in [1.807, 2.05) is 0 Å². The predicted molar refractivity (Wildman–Crippen MR) is 51.5 cm³/mol. The molecule has 0 amide bonds. The molecule has 0 fully saturated rings. The second kappa shape index (κ2) is 3.12. The van der Waals surface area contributed by atoms with Gasteiger partial charge in [-0.1, -0.05) is 12.1 Å². The standard InChI is InChI=1S/C9H9N3O2/c10-9-11-7-5(4-13)2-1-3-6(7)8(14)12-9/h1-3,13H,4H2,(H3,10,11,12,14). The topological polar surface area (TPSA) is 92.3 Å². The van der Waals surface area contributed by atoms with Crippen molar-refractivity contribution in [3.63, 3.8) is 0 Å². The summed E-state index contributed by atoms with van der Waals surface area (Å²) in [6.07, 6.45) is 0. The maximum absolute atomic E-state index is 9.46. The van der Waals surface area contributed by atoms with Gasteiger partial charge in [-0.05, 0) is 6.07 Å². The number of rotatable bonds is 1. The van der Waals surface area contributed by atoms with E-state index < -0.39 is 0 Å². The maximum Gasteiger partial charge on any atom is 0.223 e. The summed E-state index contributed by atoms with van der Waals surface area (Å²) in [5.41, 5.74) is 6.49. The summed E-state index contributed by atoms with van der Waals surface area (Å²) in [7, 11) is 0. The highest BCUT2D eigenvalue weighted by molar-refractivity contribution is 5.86. The molecule has 0 aliphatic heterocycles. The van der Waals surface area contributed by atoms with Crippen LogP contribution >= 0.6 is 0 Å². The first-order chi connectivity index (χ1) is 6.72. The van der Waals surface area contributed by atoms with Gasteiger partial charge in [0.05, 0.1) is 17.5 Å². The van der Waals surface area contributed by atoms with Gasteiger partial charge >= 0.3 is 0 Å². The molecular formula is C9H9N3O2. The molecule has 5 heteroatoms. The number of hydrogen-bond donors (Lipinski definition) is 3. The fraction of sp³-hybridized carbons (Fsp3) is 0.111. The molecule has 0 unspecified atom stereocenters. The number of nitrogens with two attached hydrogens (primary N) is 1. The second-order valence-corrected chi connectivity index (χ2v) is 2.88. The monoisotopic (exact) mass is 191 g/mol. The van der Waals surface area contributed by atoms with Gasteiger partial charge in [0, 0.05) is 5.56 Å². The molecule has 2 aromatic rings. The van der Waals surface area contributed by atoms with Gasteiger partial charge in [0.1, 0.15) is 0 Å². The van der Waals surface area contributed by atoms with E-state index >= 15 is 0 Å². The normalized spacial score (nSPS) is 10.6. The van der Waals surface area contributed by atoms with Crippen LogP contribution in [0.3, 0.4) is 0 Å². The van der Waals surface area contributed by atoms with Gasteiger partial charge in [0.25, 0.3) is 0 Å². The van der Waals surface area contributed by atoms with Crippen LogP contribution in [0.5, 0.6) is 5.88 Å². The SMILES string of the molecule is Nc1nc(O)c2cccc(CO)c2n1. The molecule has 0 saturated carbocycles. The van der Waals surface area contributed by atoms with E-state index in [0.717, 1.165) is 0 Å². The highest BCUT2D eigenvalue weighted by Gasteiger charge is 2.07. The molecule has 0 spiro atoms. The Labute approximate surface area is 79.8 Å². The zero-order chi connectivity index (χ0) is 10.1. The Morgan fingerprint density at radius 2 is 2.07 bits per heavy atom. The van der Waals surface area contributed by atoms with Gasteiger partial charge in [-0.25, -0.2) is 4.98 Å². The quantitative estimate of drug-likeness (QED) is 0.607. The fourth-order valence-electron chi connectivity index (χ4n) is 1.34. The molecule has 1 aromatic carbocycles. The molecule has 1 heterocycles. The highest BCUT2D eigenvalue weighted by atomic mass is 16.3. The molecule has 1 aromatic heterocycles. The Hall–Kier alpha value is -1.88. The van der Waals surface area contributed by atoms with Crippen LogP contribution in [0.1, 0.15) is 5.56 Å². The van der Waals surface area contributed by atoms with Gasteiger partial charge in [-0.2, -0.15) is 4.98 Å². The molecular weight excluding hydrogens is 182 g/mol. The minimum Gasteiger partial charge on any atom is -0.493 e. The van der Waals surface area contributed by atoms with Crippen molar-refractivity contribution in [1.82, 2.24) is 9.97 Å². The first kappa shape index (κ1) is 8.71. The summed E-state index contributed by atoms with van der Waals surface area (Å²) >= 11 is 0. The average Bonchev–Trinajstić information content (AvgIpc) is 2.17. The third kappa shape index (κ3) is 1.23. The predicted octanol–water partition coefficient (Wildman–Crippen LogP) is 0.410. The number of hydrogen-bond acceptors (Lipinski definition) is 5. The Kier molecular flexibility index (Phi) is 1.94. The van der Waals surface area contributed by atoms with Crippen LogP contribution in [0, 0.1) is 0 Å². The Balaban J connectivity index is 2.86. The minimum absolute atomic E-state index is 0.00380. The number of nitrogen functional groups attached to an aromatic ring is 1. The molecule has 72 valence electrons. The Morgan fingerprint density at radius 1 is 1.29 bits per heavy atom. The van der Waals surface area contributed by atoms with Crippen LogP contribution in [0.25, 0.3) is 10.9 Å². The van der Waals surface area contributed by atoms with E-state index in [1.165, 1.54) is 0 Å². The van der Waals surface area contributed by atoms with Gasteiger partial charge in [-0.3, -0.25) is 0 Å². The zero-order valence-corrected chi connectivity index (χ0v) is 7.31. The third-order valence-electron chi connectivity index (χ3n) is 1.98. The van der Waals surface area contributed by atoms with Crippen LogP contribution in [-0.2, 0) is 6.61 Å². The molecule has 4 N–H and O–H groups in total. The number of aromatic nitrogens is 2. The van der Waals surface area contributed by atoms with Gasteiger partial charge in [0.2, 0.25) is 11.8 Å². The summed E-state index contributed by atoms with van der Waals surface area (Å²) in [4.78, 5) is 7.57. The minimum atomic E-state index is -0.164. The lowest BCUT2D eigenvalue weighted by Crippen LogP contribution is -1.97. The molecule has 5 nitrogen and oxygen atoms in total. The number of benzene rings is 1. The van der Waals surface area contributed by atoms with E-state index in [0.29, 0.717) is 16.5 Å². The maximum atomic E-state index is 9.46.